The van der Waals surface area contributed by atoms with Gasteiger partial charge in [-0.3, -0.25) is 0 Å². The molecule has 4 heteroatoms. The summed E-state index contributed by atoms with van der Waals surface area (Å²) in [4.78, 5) is 4.22. The monoisotopic (exact) mass is 216 g/mol. The second-order valence-corrected chi connectivity index (χ2v) is 3.90. The zero-order chi connectivity index (χ0) is 11.5. The van der Waals surface area contributed by atoms with Gasteiger partial charge in [-0.15, -0.1) is 0 Å². The number of hydrogen-bond acceptors (Lipinski definition) is 3. The normalized spacial score (nSPS) is 10.6. The summed E-state index contributed by atoms with van der Waals surface area (Å²) in [5.74, 6) is 0.520. The molecule has 0 radical (unpaired) electrons. The van der Waals surface area contributed by atoms with E-state index in [4.69, 9.17) is 5.73 Å². The topological polar surface area (TPSA) is 56.7 Å². The van der Waals surface area contributed by atoms with Gasteiger partial charge in [0.25, 0.3) is 0 Å². The Morgan fingerprint density at radius 1 is 1.38 bits per heavy atom. The Labute approximate surface area is 95.1 Å². The van der Waals surface area contributed by atoms with E-state index in [1.165, 1.54) is 5.56 Å². The molecule has 0 amide bonds. The third-order valence-electron chi connectivity index (χ3n) is 2.46. The molecular formula is C12H16N4. The highest BCUT2D eigenvalue weighted by Crippen LogP contribution is 2.15. The highest BCUT2D eigenvalue weighted by molar-refractivity contribution is 5.52. The number of anilines is 1. The SMILES string of the molecule is CCCc1cnn(-c2ccc(C)nc2N)c1. The van der Waals surface area contributed by atoms with Gasteiger partial charge in [-0.1, -0.05) is 13.3 Å². The number of aromatic nitrogens is 3. The first-order valence-corrected chi connectivity index (χ1v) is 5.47. The number of hydrogen-bond donors (Lipinski definition) is 1. The number of nitrogen functional groups attached to an aromatic ring is 1. The van der Waals surface area contributed by atoms with Crippen LogP contribution < -0.4 is 5.73 Å². The molecule has 0 aliphatic rings. The summed E-state index contributed by atoms with van der Waals surface area (Å²) < 4.78 is 1.78. The van der Waals surface area contributed by atoms with Crippen LogP contribution in [0, 0.1) is 6.92 Å². The Morgan fingerprint density at radius 2 is 2.19 bits per heavy atom. The first-order valence-electron chi connectivity index (χ1n) is 5.47. The fourth-order valence-electron chi connectivity index (χ4n) is 1.67. The third-order valence-corrected chi connectivity index (χ3v) is 2.46. The van der Waals surface area contributed by atoms with E-state index < -0.39 is 0 Å². The summed E-state index contributed by atoms with van der Waals surface area (Å²) in [5, 5.41) is 4.29. The maximum Gasteiger partial charge on any atom is 0.149 e. The van der Waals surface area contributed by atoms with Crippen molar-refractivity contribution in [2.24, 2.45) is 0 Å². The molecule has 84 valence electrons. The van der Waals surface area contributed by atoms with Gasteiger partial charge in [-0.2, -0.15) is 5.10 Å². The smallest absolute Gasteiger partial charge is 0.149 e. The Kier molecular flexibility index (Phi) is 2.90. The van der Waals surface area contributed by atoms with Crippen LogP contribution in [0.2, 0.25) is 0 Å². The molecule has 0 saturated carbocycles. The number of rotatable bonds is 3. The first-order chi connectivity index (χ1) is 7.70. The Bertz CT molecular complexity index is 488. The van der Waals surface area contributed by atoms with Gasteiger partial charge in [0.15, 0.2) is 0 Å². The third kappa shape index (κ3) is 2.05. The minimum Gasteiger partial charge on any atom is -0.382 e. The molecule has 0 saturated heterocycles. The lowest BCUT2D eigenvalue weighted by molar-refractivity contribution is 0.872. The van der Waals surface area contributed by atoms with Crippen molar-refractivity contribution >= 4 is 5.82 Å². The summed E-state index contributed by atoms with van der Waals surface area (Å²) in [6.07, 6.45) is 6.04. The lowest BCUT2D eigenvalue weighted by atomic mass is 10.2. The standard InChI is InChI=1S/C12H16N4/c1-3-4-10-7-14-16(8-10)11-6-5-9(2)15-12(11)13/h5-8H,3-4H2,1-2H3,(H2,13,15). The summed E-state index contributed by atoms with van der Waals surface area (Å²) >= 11 is 0. The molecule has 0 aliphatic heterocycles. The first kappa shape index (κ1) is 10.7. The maximum absolute atomic E-state index is 5.86. The van der Waals surface area contributed by atoms with Crippen molar-refractivity contribution in [3.63, 3.8) is 0 Å². The van der Waals surface area contributed by atoms with E-state index in [0.29, 0.717) is 5.82 Å². The Morgan fingerprint density at radius 3 is 2.88 bits per heavy atom. The molecule has 2 N–H and O–H groups in total. The molecule has 2 heterocycles. The fraction of sp³-hybridized carbons (Fsp3) is 0.333. The van der Waals surface area contributed by atoms with Crippen molar-refractivity contribution in [3.05, 3.63) is 35.8 Å². The van der Waals surface area contributed by atoms with Crippen molar-refractivity contribution in [2.45, 2.75) is 26.7 Å². The van der Waals surface area contributed by atoms with Gasteiger partial charge >= 0.3 is 0 Å². The van der Waals surface area contributed by atoms with Crippen molar-refractivity contribution in [3.8, 4) is 5.69 Å². The highest BCUT2D eigenvalue weighted by Gasteiger charge is 2.05. The van der Waals surface area contributed by atoms with Gasteiger partial charge in [-0.25, -0.2) is 9.67 Å². The largest absolute Gasteiger partial charge is 0.382 e. The minimum absolute atomic E-state index is 0.520. The van der Waals surface area contributed by atoms with Crippen LogP contribution >= 0.6 is 0 Å². The summed E-state index contributed by atoms with van der Waals surface area (Å²) in [6.45, 7) is 4.07. The average molecular weight is 216 g/mol. The zero-order valence-corrected chi connectivity index (χ0v) is 9.64. The molecule has 0 unspecified atom stereocenters. The molecule has 4 nitrogen and oxygen atoms in total. The highest BCUT2D eigenvalue weighted by atomic mass is 15.3. The fourth-order valence-corrected chi connectivity index (χ4v) is 1.67. The number of nitrogens with two attached hydrogens (primary N) is 1. The number of pyridine rings is 1. The van der Waals surface area contributed by atoms with Gasteiger partial charge in [0.05, 0.1) is 6.20 Å². The Hall–Kier alpha value is -1.84. The lowest BCUT2D eigenvalue weighted by Gasteiger charge is -2.04. The van der Waals surface area contributed by atoms with E-state index in [-0.39, 0.29) is 0 Å². The van der Waals surface area contributed by atoms with E-state index >= 15 is 0 Å². The van der Waals surface area contributed by atoms with E-state index in [2.05, 4.69) is 17.0 Å². The van der Waals surface area contributed by atoms with Crippen molar-refractivity contribution in [1.29, 1.82) is 0 Å². The molecule has 16 heavy (non-hydrogen) atoms. The van der Waals surface area contributed by atoms with Crippen LogP contribution in [0.5, 0.6) is 0 Å². The van der Waals surface area contributed by atoms with E-state index in [0.717, 1.165) is 24.2 Å². The quantitative estimate of drug-likeness (QED) is 0.854. The molecule has 2 rings (SSSR count). The molecule has 2 aromatic heterocycles. The maximum atomic E-state index is 5.86. The van der Waals surface area contributed by atoms with Crippen molar-refractivity contribution in [2.75, 3.05) is 5.73 Å². The number of aryl methyl sites for hydroxylation is 2. The lowest BCUT2D eigenvalue weighted by Crippen LogP contribution is -2.03. The number of nitrogens with zero attached hydrogens (tertiary/aromatic N) is 3. The van der Waals surface area contributed by atoms with Crippen molar-refractivity contribution in [1.82, 2.24) is 14.8 Å². The molecule has 0 spiro atoms. The second-order valence-electron chi connectivity index (χ2n) is 3.90. The van der Waals surface area contributed by atoms with Crippen LogP contribution in [0.15, 0.2) is 24.5 Å². The molecule has 0 aromatic carbocycles. The van der Waals surface area contributed by atoms with Crippen LogP contribution in [-0.2, 0) is 6.42 Å². The molecule has 0 bridgehead atoms. The Balaban J connectivity index is 2.35. The van der Waals surface area contributed by atoms with Gasteiger partial charge in [-0.05, 0) is 31.0 Å². The van der Waals surface area contributed by atoms with Crippen LogP contribution in [0.4, 0.5) is 5.82 Å². The van der Waals surface area contributed by atoms with Crippen LogP contribution in [0.3, 0.4) is 0 Å². The average Bonchev–Trinajstić information content (AvgIpc) is 2.67. The van der Waals surface area contributed by atoms with Gasteiger partial charge in [0.1, 0.15) is 11.5 Å². The van der Waals surface area contributed by atoms with E-state index in [9.17, 15) is 0 Å². The van der Waals surface area contributed by atoms with Crippen LogP contribution in [0.1, 0.15) is 24.6 Å². The molecule has 2 aromatic rings. The minimum atomic E-state index is 0.520. The van der Waals surface area contributed by atoms with Crippen LogP contribution in [0.25, 0.3) is 5.69 Å². The molecule has 0 atom stereocenters. The summed E-state index contributed by atoms with van der Waals surface area (Å²) in [5.41, 5.74) is 8.85. The van der Waals surface area contributed by atoms with Crippen molar-refractivity contribution < 1.29 is 0 Å². The van der Waals surface area contributed by atoms with Gasteiger partial charge in [0.2, 0.25) is 0 Å². The van der Waals surface area contributed by atoms with Gasteiger partial charge < -0.3 is 5.73 Å². The van der Waals surface area contributed by atoms with E-state index in [1.807, 2.05) is 31.5 Å². The zero-order valence-electron chi connectivity index (χ0n) is 9.64. The predicted octanol–water partition coefficient (Wildman–Crippen LogP) is 2.11. The van der Waals surface area contributed by atoms with Crippen LogP contribution in [-0.4, -0.2) is 14.8 Å². The van der Waals surface area contributed by atoms with Gasteiger partial charge in [0, 0.05) is 11.9 Å². The second kappa shape index (κ2) is 4.35. The molecule has 0 fully saturated rings. The summed E-state index contributed by atoms with van der Waals surface area (Å²) in [6, 6.07) is 3.88. The van der Waals surface area contributed by atoms with E-state index in [1.54, 1.807) is 4.68 Å². The predicted molar refractivity (Wildman–Crippen MR) is 64.5 cm³/mol. The molecule has 0 aliphatic carbocycles. The molecular weight excluding hydrogens is 200 g/mol. The summed E-state index contributed by atoms with van der Waals surface area (Å²) in [7, 11) is 0.